The van der Waals surface area contributed by atoms with E-state index in [9.17, 15) is 14.7 Å². The van der Waals surface area contributed by atoms with Crippen molar-refractivity contribution in [1.82, 2.24) is 5.32 Å². The molecule has 0 radical (unpaired) electrons. The number of esters is 1. The lowest BCUT2D eigenvalue weighted by Crippen LogP contribution is -2.38. The van der Waals surface area contributed by atoms with E-state index in [1.54, 1.807) is 24.3 Å². The third-order valence-electron chi connectivity index (χ3n) is 4.72. The first kappa shape index (κ1) is 19.9. The molecule has 6 nitrogen and oxygen atoms in total. The molecule has 148 valence electrons. The highest BCUT2D eigenvalue weighted by Crippen LogP contribution is 2.24. The first-order valence-electron chi connectivity index (χ1n) is 9.52. The highest BCUT2D eigenvalue weighted by atomic mass is 16.6. The monoisotopic (exact) mass is 383 g/mol. The number of aliphatic hydroxyl groups is 1. The minimum Gasteiger partial charge on any atom is -0.460 e. The lowest BCUT2D eigenvalue weighted by atomic mass is 9.95. The van der Waals surface area contributed by atoms with Gasteiger partial charge < -0.3 is 19.9 Å². The Morgan fingerprint density at radius 2 is 1.71 bits per heavy atom. The number of ether oxygens (including phenoxy) is 2. The Balaban J connectivity index is 1.63. The highest BCUT2D eigenvalue weighted by Gasteiger charge is 2.29. The Morgan fingerprint density at radius 1 is 1.04 bits per heavy atom. The van der Waals surface area contributed by atoms with E-state index >= 15 is 0 Å². The Labute approximate surface area is 164 Å². The Hall–Kier alpha value is -2.86. The third-order valence-corrected chi connectivity index (χ3v) is 4.72. The summed E-state index contributed by atoms with van der Waals surface area (Å²) in [6, 6.07) is 17.2. The summed E-state index contributed by atoms with van der Waals surface area (Å²) in [4.78, 5) is 25.0. The van der Waals surface area contributed by atoms with Gasteiger partial charge >= 0.3 is 12.1 Å². The summed E-state index contributed by atoms with van der Waals surface area (Å²) in [7, 11) is 0. The van der Waals surface area contributed by atoms with Crippen molar-refractivity contribution in [3.63, 3.8) is 0 Å². The molecule has 1 saturated carbocycles. The molecule has 28 heavy (non-hydrogen) atoms. The summed E-state index contributed by atoms with van der Waals surface area (Å²) in [6.45, 7) is 0.109. The number of carbonyl (C=O) groups is 2. The lowest BCUT2D eigenvalue weighted by molar-refractivity contribution is -0.154. The van der Waals surface area contributed by atoms with Crippen LogP contribution in [0.5, 0.6) is 0 Å². The molecule has 3 atom stereocenters. The summed E-state index contributed by atoms with van der Waals surface area (Å²) >= 11 is 0. The molecule has 6 heteroatoms. The van der Waals surface area contributed by atoms with Crippen LogP contribution >= 0.6 is 0 Å². The van der Waals surface area contributed by atoms with E-state index in [0.717, 1.165) is 18.4 Å². The molecule has 0 spiro atoms. The SMILES string of the molecule is O=C(N[C@@H](C(=O)O[C@H]1CCC[C@H](O)C1)c1ccccc1)OCc1ccccc1. The molecule has 1 aliphatic carbocycles. The fourth-order valence-electron chi connectivity index (χ4n) is 3.27. The predicted molar refractivity (Wildman–Crippen MR) is 103 cm³/mol. The summed E-state index contributed by atoms with van der Waals surface area (Å²) in [5.41, 5.74) is 1.47. The van der Waals surface area contributed by atoms with Crippen LogP contribution < -0.4 is 5.32 Å². The van der Waals surface area contributed by atoms with Gasteiger partial charge in [0.2, 0.25) is 0 Å². The number of hydrogen-bond donors (Lipinski definition) is 2. The molecule has 1 amide bonds. The quantitative estimate of drug-likeness (QED) is 0.746. The summed E-state index contributed by atoms with van der Waals surface area (Å²) in [6.07, 6.45) is 1.17. The molecule has 0 aliphatic heterocycles. The van der Waals surface area contributed by atoms with E-state index in [1.165, 1.54) is 0 Å². The van der Waals surface area contributed by atoms with E-state index < -0.39 is 24.2 Å². The zero-order valence-electron chi connectivity index (χ0n) is 15.6. The third kappa shape index (κ3) is 5.82. The first-order valence-corrected chi connectivity index (χ1v) is 9.52. The molecular formula is C22H25NO5. The number of hydrogen-bond acceptors (Lipinski definition) is 5. The summed E-state index contributed by atoms with van der Waals surface area (Å²) < 4.78 is 10.8. The average molecular weight is 383 g/mol. The van der Waals surface area contributed by atoms with Crippen LogP contribution in [0.3, 0.4) is 0 Å². The molecule has 0 heterocycles. The van der Waals surface area contributed by atoms with Crippen LogP contribution in [0.15, 0.2) is 60.7 Å². The van der Waals surface area contributed by atoms with E-state index in [-0.39, 0.29) is 12.7 Å². The zero-order valence-corrected chi connectivity index (χ0v) is 15.6. The van der Waals surface area contributed by atoms with Crippen LogP contribution in [0.2, 0.25) is 0 Å². The second-order valence-corrected chi connectivity index (χ2v) is 6.93. The van der Waals surface area contributed by atoms with Crippen molar-refractivity contribution in [2.24, 2.45) is 0 Å². The lowest BCUT2D eigenvalue weighted by Gasteiger charge is -2.27. The van der Waals surface area contributed by atoms with E-state index in [1.807, 2.05) is 36.4 Å². The number of benzene rings is 2. The van der Waals surface area contributed by atoms with Gasteiger partial charge in [0, 0.05) is 6.42 Å². The van der Waals surface area contributed by atoms with Crippen molar-refractivity contribution in [3.05, 3.63) is 71.8 Å². The smallest absolute Gasteiger partial charge is 0.408 e. The Bertz CT molecular complexity index is 765. The van der Waals surface area contributed by atoms with Crippen LogP contribution in [0.1, 0.15) is 42.9 Å². The average Bonchev–Trinajstić information content (AvgIpc) is 2.72. The molecular weight excluding hydrogens is 358 g/mol. The van der Waals surface area contributed by atoms with Crippen LogP contribution in [0.4, 0.5) is 4.79 Å². The molecule has 0 bridgehead atoms. The Morgan fingerprint density at radius 3 is 2.39 bits per heavy atom. The molecule has 0 saturated heterocycles. The summed E-state index contributed by atoms with van der Waals surface area (Å²) in [5, 5.41) is 12.4. The maximum absolute atomic E-state index is 12.8. The number of amides is 1. The molecule has 2 N–H and O–H groups in total. The largest absolute Gasteiger partial charge is 0.460 e. The number of aliphatic hydroxyl groups excluding tert-OH is 1. The first-order chi connectivity index (χ1) is 13.6. The molecule has 0 aromatic heterocycles. The fraction of sp³-hybridized carbons (Fsp3) is 0.364. The minimum absolute atomic E-state index is 0.109. The van der Waals surface area contributed by atoms with E-state index in [4.69, 9.17) is 9.47 Å². The van der Waals surface area contributed by atoms with Crippen molar-refractivity contribution in [2.45, 2.75) is 50.5 Å². The van der Waals surface area contributed by atoms with Gasteiger partial charge in [-0.3, -0.25) is 0 Å². The maximum Gasteiger partial charge on any atom is 0.408 e. The highest BCUT2D eigenvalue weighted by molar-refractivity contribution is 5.82. The van der Waals surface area contributed by atoms with Gasteiger partial charge in [-0.1, -0.05) is 60.7 Å². The minimum atomic E-state index is -0.969. The predicted octanol–water partition coefficient (Wildman–Crippen LogP) is 3.50. The topological polar surface area (TPSA) is 84.9 Å². The van der Waals surface area contributed by atoms with Crippen LogP contribution in [-0.4, -0.2) is 29.4 Å². The number of carbonyl (C=O) groups excluding carboxylic acids is 2. The second kappa shape index (κ2) is 9.90. The van der Waals surface area contributed by atoms with Crippen molar-refractivity contribution in [3.8, 4) is 0 Å². The van der Waals surface area contributed by atoms with Crippen LogP contribution in [0, 0.1) is 0 Å². The van der Waals surface area contributed by atoms with Gasteiger partial charge in [-0.15, -0.1) is 0 Å². The van der Waals surface area contributed by atoms with E-state index in [2.05, 4.69) is 5.32 Å². The van der Waals surface area contributed by atoms with Gasteiger partial charge in [-0.2, -0.15) is 0 Å². The van der Waals surface area contributed by atoms with Gasteiger partial charge in [0.1, 0.15) is 12.7 Å². The fourth-order valence-corrected chi connectivity index (χ4v) is 3.27. The standard InChI is InChI=1S/C22H25NO5/c24-18-12-7-13-19(14-18)28-21(25)20(17-10-5-2-6-11-17)23-22(26)27-15-16-8-3-1-4-9-16/h1-6,8-11,18-20,24H,7,12-15H2,(H,23,26)/t18-,19-,20+/m0/s1. The van der Waals surface area contributed by atoms with Gasteiger partial charge in [0.15, 0.2) is 6.04 Å². The zero-order chi connectivity index (χ0) is 19.8. The maximum atomic E-state index is 12.8. The molecule has 2 aromatic rings. The van der Waals surface area contributed by atoms with Crippen LogP contribution in [-0.2, 0) is 20.9 Å². The van der Waals surface area contributed by atoms with Gasteiger partial charge in [-0.05, 0) is 30.4 Å². The van der Waals surface area contributed by atoms with E-state index in [0.29, 0.717) is 18.4 Å². The number of alkyl carbamates (subject to hydrolysis) is 1. The molecule has 1 fully saturated rings. The van der Waals surface area contributed by atoms with Gasteiger partial charge in [0.25, 0.3) is 0 Å². The molecule has 0 unspecified atom stereocenters. The second-order valence-electron chi connectivity index (χ2n) is 6.93. The molecule has 1 aliphatic rings. The molecule has 3 rings (SSSR count). The van der Waals surface area contributed by atoms with Crippen molar-refractivity contribution in [1.29, 1.82) is 0 Å². The van der Waals surface area contributed by atoms with Crippen molar-refractivity contribution in [2.75, 3.05) is 0 Å². The summed E-state index contributed by atoms with van der Waals surface area (Å²) in [5.74, 6) is -0.554. The number of nitrogens with one attached hydrogen (secondary N) is 1. The number of rotatable bonds is 6. The van der Waals surface area contributed by atoms with Crippen molar-refractivity contribution < 1.29 is 24.2 Å². The molecule has 2 aromatic carbocycles. The van der Waals surface area contributed by atoms with Crippen LogP contribution in [0.25, 0.3) is 0 Å². The van der Waals surface area contributed by atoms with Gasteiger partial charge in [0.05, 0.1) is 6.10 Å². The normalized spacial score (nSPS) is 20.0. The Kier molecular flexibility index (Phi) is 7.03. The van der Waals surface area contributed by atoms with Crippen molar-refractivity contribution >= 4 is 12.1 Å². The van der Waals surface area contributed by atoms with Gasteiger partial charge in [-0.25, -0.2) is 9.59 Å².